The lowest BCUT2D eigenvalue weighted by atomic mass is 9.65. The van der Waals surface area contributed by atoms with E-state index in [0.29, 0.717) is 31.1 Å². The van der Waals surface area contributed by atoms with Crippen LogP contribution in [0.15, 0.2) is 12.2 Å². The second-order valence-electron chi connectivity index (χ2n) is 7.86. The van der Waals surface area contributed by atoms with E-state index in [-0.39, 0.29) is 34.7 Å². The fourth-order valence-corrected chi connectivity index (χ4v) is 4.47. The number of ketones is 2. The van der Waals surface area contributed by atoms with Crippen molar-refractivity contribution in [2.75, 3.05) is 12.3 Å². The van der Waals surface area contributed by atoms with Crippen molar-refractivity contribution in [1.82, 2.24) is 5.32 Å². The van der Waals surface area contributed by atoms with Crippen LogP contribution in [-0.2, 0) is 14.4 Å². The SMILES string of the molecule is CC(=O)CCC(=O)NCCSC(C)CC(=O)C1C(C)C=CCC1(C)C. The van der Waals surface area contributed by atoms with E-state index in [1.165, 1.54) is 6.92 Å². The molecule has 1 aliphatic carbocycles. The fourth-order valence-electron chi connectivity index (χ4n) is 3.56. The predicted octanol–water partition coefficient (Wildman–Crippen LogP) is 3.79. The number of Topliss-reactive ketones (excluding diaryl/α,β-unsaturated/α-hetero) is 2. The Kier molecular flexibility index (Phi) is 8.91. The van der Waals surface area contributed by atoms with Gasteiger partial charge in [-0.05, 0) is 24.7 Å². The molecule has 3 unspecified atom stereocenters. The summed E-state index contributed by atoms with van der Waals surface area (Å²) in [5.74, 6) is 1.48. The van der Waals surface area contributed by atoms with Crippen LogP contribution in [0.3, 0.4) is 0 Å². The largest absolute Gasteiger partial charge is 0.355 e. The Morgan fingerprint density at radius 2 is 1.96 bits per heavy atom. The summed E-state index contributed by atoms with van der Waals surface area (Å²) in [6, 6.07) is 0. The van der Waals surface area contributed by atoms with E-state index in [2.05, 4.69) is 45.2 Å². The standard InChI is InChI=1S/C20H33NO3S/c1-14-7-6-10-20(4,5)19(14)17(23)13-16(3)25-12-11-21-18(24)9-8-15(2)22/h6-7,14,16,19H,8-13H2,1-5H3,(H,21,24). The van der Waals surface area contributed by atoms with Crippen molar-refractivity contribution in [3.05, 3.63) is 12.2 Å². The molecule has 0 heterocycles. The second kappa shape index (κ2) is 10.1. The van der Waals surface area contributed by atoms with Gasteiger partial charge in [0.15, 0.2) is 0 Å². The summed E-state index contributed by atoms with van der Waals surface area (Å²) in [7, 11) is 0. The number of hydrogen-bond acceptors (Lipinski definition) is 4. The Balaban J connectivity index is 2.31. The van der Waals surface area contributed by atoms with Crippen molar-refractivity contribution >= 4 is 29.2 Å². The lowest BCUT2D eigenvalue weighted by molar-refractivity contribution is -0.128. The molecule has 1 aliphatic rings. The van der Waals surface area contributed by atoms with Gasteiger partial charge in [-0.3, -0.25) is 9.59 Å². The molecule has 0 aromatic heterocycles. The molecule has 0 spiro atoms. The molecule has 1 rings (SSSR count). The molecule has 142 valence electrons. The van der Waals surface area contributed by atoms with Gasteiger partial charge in [0, 0.05) is 42.7 Å². The van der Waals surface area contributed by atoms with Crippen LogP contribution in [0, 0.1) is 17.3 Å². The molecule has 0 fully saturated rings. The van der Waals surface area contributed by atoms with Gasteiger partial charge in [-0.2, -0.15) is 11.8 Å². The summed E-state index contributed by atoms with van der Waals surface area (Å²) < 4.78 is 0. The van der Waals surface area contributed by atoms with Crippen LogP contribution in [-0.4, -0.2) is 35.0 Å². The lowest BCUT2D eigenvalue weighted by Gasteiger charge is -2.39. The molecule has 1 N–H and O–H groups in total. The molecule has 0 saturated carbocycles. The van der Waals surface area contributed by atoms with Crippen molar-refractivity contribution in [2.45, 2.75) is 65.6 Å². The summed E-state index contributed by atoms with van der Waals surface area (Å²) in [5, 5.41) is 3.07. The zero-order chi connectivity index (χ0) is 19.0. The van der Waals surface area contributed by atoms with Crippen LogP contribution in [0.25, 0.3) is 0 Å². The fraction of sp³-hybridized carbons (Fsp3) is 0.750. The number of amides is 1. The normalized spacial score (nSPS) is 23.1. The number of carbonyl (C=O) groups excluding carboxylic acids is 3. The van der Waals surface area contributed by atoms with Crippen LogP contribution in [0.2, 0.25) is 0 Å². The Morgan fingerprint density at radius 1 is 1.28 bits per heavy atom. The zero-order valence-electron chi connectivity index (χ0n) is 16.3. The first-order chi connectivity index (χ1) is 11.6. The third-order valence-corrected chi connectivity index (χ3v) is 5.99. The van der Waals surface area contributed by atoms with Crippen LogP contribution in [0.1, 0.15) is 60.3 Å². The average Bonchev–Trinajstić information content (AvgIpc) is 2.48. The molecule has 0 aliphatic heterocycles. The molecule has 0 radical (unpaired) electrons. The van der Waals surface area contributed by atoms with E-state index >= 15 is 0 Å². The minimum absolute atomic E-state index is 0.0281. The summed E-state index contributed by atoms with van der Waals surface area (Å²) in [6.07, 6.45) is 6.46. The molecule has 0 saturated heterocycles. The molecule has 25 heavy (non-hydrogen) atoms. The number of thioether (sulfide) groups is 1. The first-order valence-corrected chi connectivity index (χ1v) is 10.3. The van der Waals surface area contributed by atoms with E-state index in [4.69, 9.17) is 0 Å². The molecular weight excluding hydrogens is 334 g/mol. The van der Waals surface area contributed by atoms with E-state index in [0.717, 1.165) is 12.2 Å². The van der Waals surface area contributed by atoms with E-state index in [1.807, 2.05) is 0 Å². The Labute approximate surface area is 156 Å². The minimum Gasteiger partial charge on any atom is -0.355 e. The van der Waals surface area contributed by atoms with Gasteiger partial charge in [0.2, 0.25) is 5.91 Å². The lowest BCUT2D eigenvalue weighted by Crippen LogP contribution is -2.38. The van der Waals surface area contributed by atoms with Crippen molar-refractivity contribution in [3.8, 4) is 0 Å². The van der Waals surface area contributed by atoms with Gasteiger partial charge in [-0.25, -0.2) is 0 Å². The van der Waals surface area contributed by atoms with Gasteiger partial charge < -0.3 is 10.1 Å². The minimum atomic E-state index is -0.0795. The highest BCUT2D eigenvalue weighted by Crippen LogP contribution is 2.42. The maximum atomic E-state index is 12.8. The molecule has 0 aromatic rings. The molecule has 0 aromatic carbocycles. The molecule has 0 bridgehead atoms. The highest BCUT2D eigenvalue weighted by molar-refractivity contribution is 7.99. The second-order valence-corrected chi connectivity index (χ2v) is 9.41. The summed E-state index contributed by atoms with van der Waals surface area (Å²) in [6.45, 7) is 10.7. The summed E-state index contributed by atoms with van der Waals surface area (Å²) in [5.41, 5.74) is 0.0281. The topological polar surface area (TPSA) is 63.2 Å². The maximum Gasteiger partial charge on any atom is 0.220 e. The third-order valence-electron chi connectivity index (χ3n) is 4.82. The van der Waals surface area contributed by atoms with Crippen LogP contribution >= 0.6 is 11.8 Å². The van der Waals surface area contributed by atoms with Crippen molar-refractivity contribution in [3.63, 3.8) is 0 Å². The molecule has 1 amide bonds. The highest BCUT2D eigenvalue weighted by atomic mass is 32.2. The van der Waals surface area contributed by atoms with E-state index in [9.17, 15) is 14.4 Å². The molecule has 4 nitrogen and oxygen atoms in total. The summed E-state index contributed by atoms with van der Waals surface area (Å²) >= 11 is 1.72. The number of nitrogens with one attached hydrogen (secondary N) is 1. The van der Waals surface area contributed by atoms with Crippen molar-refractivity contribution in [1.29, 1.82) is 0 Å². The quantitative estimate of drug-likeness (QED) is 0.471. The smallest absolute Gasteiger partial charge is 0.220 e. The monoisotopic (exact) mass is 367 g/mol. The van der Waals surface area contributed by atoms with Crippen LogP contribution in [0.4, 0.5) is 0 Å². The van der Waals surface area contributed by atoms with Gasteiger partial charge in [0.25, 0.3) is 0 Å². The van der Waals surface area contributed by atoms with Crippen LogP contribution in [0.5, 0.6) is 0 Å². The van der Waals surface area contributed by atoms with Crippen molar-refractivity contribution in [2.24, 2.45) is 17.3 Å². The third kappa shape index (κ3) is 7.76. The van der Waals surface area contributed by atoms with Gasteiger partial charge in [-0.15, -0.1) is 0 Å². The average molecular weight is 368 g/mol. The zero-order valence-corrected chi connectivity index (χ0v) is 17.1. The Morgan fingerprint density at radius 3 is 2.56 bits per heavy atom. The first-order valence-electron chi connectivity index (χ1n) is 9.20. The van der Waals surface area contributed by atoms with Gasteiger partial charge >= 0.3 is 0 Å². The highest BCUT2D eigenvalue weighted by Gasteiger charge is 2.39. The number of hydrogen-bond donors (Lipinski definition) is 1. The van der Waals surface area contributed by atoms with E-state index in [1.54, 1.807) is 11.8 Å². The van der Waals surface area contributed by atoms with Gasteiger partial charge in [0.05, 0.1) is 0 Å². The molecular formula is C20H33NO3S. The van der Waals surface area contributed by atoms with Gasteiger partial charge in [0.1, 0.15) is 11.6 Å². The molecule has 5 heteroatoms. The Bertz CT molecular complexity index is 513. The number of rotatable bonds is 10. The summed E-state index contributed by atoms with van der Waals surface area (Å²) in [4.78, 5) is 35.2. The van der Waals surface area contributed by atoms with Crippen LogP contribution < -0.4 is 5.32 Å². The van der Waals surface area contributed by atoms with E-state index < -0.39 is 0 Å². The van der Waals surface area contributed by atoms with Gasteiger partial charge in [-0.1, -0.05) is 39.8 Å². The first kappa shape index (κ1) is 21.9. The van der Waals surface area contributed by atoms with Crippen molar-refractivity contribution < 1.29 is 14.4 Å². The Hall–Kier alpha value is -1.10. The predicted molar refractivity (Wildman–Crippen MR) is 105 cm³/mol. The maximum absolute atomic E-state index is 12.8. The number of carbonyl (C=O) groups is 3. The number of allylic oxidation sites excluding steroid dienone is 2. The molecule has 3 atom stereocenters.